The molecule has 1 saturated heterocycles. The lowest BCUT2D eigenvalue weighted by molar-refractivity contribution is -0.137. The summed E-state index contributed by atoms with van der Waals surface area (Å²) in [7, 11) is -4.13. The number of thiazole rings is 1. The first-order valence-corrected chi connectivity index (χ1v) is 11.7. The number of alkyl halides is 3. The van der Waals surface area contributed by atoms with Crippen molar-refractivity contribution in [1.82, 2.24) is 14.6 Å². The summed E-state index contributed by atoms with van der Waals surface area (Å²) in [6.45, 7) is 2.25. The number of hydrogen-bond donors (Lipinski definition) is 1. The summed E-state index contributed by atoms with van der Waals surface area (Å²) in [5.41, 5.74) is -0.439. The molecule has 1 amide bonds. The van der Waals surface area contributed by atoms with E-state index < -0.39 is 31.7 Å². The minimum Gasteiger partial charge on any atom is -0.350 e. The van der Waals surface area contributed by atoms with Gasteiger partial charge in [0.1, 0.15) is 0 Å². The number of aryl methyl sites for hydroxylation is 1. The molecule has 0 aliphatic carbocycles. The molecule has 1 aliphatic heterocycles. The van der Waals surface area contributed by atoms with E-state index in [0.717, 1.165) is 27.1 Å². The number of hydrogen-bond acceptors (Lipinski definition) is 5. The Labute approximate surface area is 181 Å². The Morgan fingerprint density at radius 2 is 2.00 bits per heavy atom. The highest BCUT2D eigenvalue weighted by Crippen LogP contribution is 2.36. The van der Waals surface area contributed by atoms with Crippen molar-refractivity contribution in [2.75, 3.05) is 13.1 Å². The Balaban J connectivity index is 1.63. The Kier molecular flexibility index (Phi) is 6.75. The molecule has 0 atom stereocenters. The molecule has 2 heterocycles. The molecule has 1 fully saturated rings. The van der Waals surface area contributed by atoms with Crippen LogP contribution in [0.25, 0.3) is 0 Å². The van der Waals surface area contributed by atoms with Crippen LogP contribution in [0.3, 0.4) is 0 Å². The molecular weight excluding hydrogens is 463 g/mol. The normalized spacial score (nSPS) is 16.6. The summed E-state index contributed by atoms with van der Waals surface area (Å²) in [5.74, 6) is -0.560. The van der Waals surface area contributed by atoms with Crippen LogP contribution >= 0.6 is 22.9 Å². The van der Waals surface area contributed by atoms with E-state index in [1.165, 1.54) is 11.3 Å². The van der Waals surface area contributed by atoms with Crippen molar-refractivity contribution < 1.29 is 26.4 Å². The molecule has 2 aromatic rings. The third kappa shape index (κ3) is 5.13. The SMILES string of the molecule is Cc1nc(CNC(=O)C2CCN(S(=O)(=O)c3ccc(Cl)c(C(F)(F)F)c3)CC2)cs1. The first-order chi connectivity index (χ1) is 14.0. The Hall–Kier alpha value is -1.69. The zero-order valence-corrected chi connectivity index (χ0v) is 18.3. The highest BCUT2D eigenvalue weighted by molar-refractivity contribution is 7.89. The van der Waals surface area contributed by atoms with Gasteiger partial charge in [0.15, 0.2) is 0 Å². The molecule has 0 bridgehead atoms. The van der Waals surface area contributed by atoms with E-state index in [9.17, 15) is 26.4 Å². The highest BCUT2D eigenvalue weighted by Gasteiger charge is 2.37. The van der Waals surface area contributed by atoms with Crippen molar-refractivity contribution in [3.63, 3.8) is 0 Å². The molecule has 30 heavy (non-hydrogen) atoms. The minimum atomic E-state index is -4.76. The van der Waals surface area contributed by atoms with Crippen molar-refractivity contribution in [3.8, 4) is 0 Å². The van der Waals surface area contributed by atoms with Gasteiger partial charge in [-0.15, -0.1) is 11.3 Å². The van der Waals surface area contributed by atoms with Gasteiger partial charge in [-0.05, 0) is 38.0 Å². The second-order valence-electron chi connectivity index (χ2n) is 6.89. The van der Waals surface area contributed by atoms with Crippen LogP contribution in [0.1, 0.15) is 29.1 Å². The van der Waals surface area contributed by atoms with Crippen molar-refractivity contribution in [2.45, 2.75) is 37.4 Å². The van der Waals surface area contributed by atoms with Gasteiger partial charge in [0.2, 0.25) is 15.9 Å². The second kappa shape index (κ2) is 8.81. The molecule has 1 aromatic carbocycles. The first-order valence-electron chi connectivity index (χ1n) is 9.04. The number of sulfonamides is 1. The predicted octanol–water partition coefficient (Wildman–Crippen LogP) is 3.84. The monoisotopic (exact) mass is 481 g/mol. The lowest BCUT2D eigenvalue weighted by atomic mass is 9.97. The lowest BCUT2D eigenvalue weighted by Gasteiger charge is -2.30. The number of carbonyl (C=O) groups excluding carboxylic acids is 1. The third-order valence-corrected chi connectivity index (χ3v) is 7.86. The van der Waals surface area contributed by atoms with E-state index in [1.54, 1.807) is 0 Å². The van der Waals surface area contributed by atoms with E-state index in [0.29, 0.717) is 12.6 Å². The molecule has 1 N–H and O–H groups in total. The fourth-order valence-corrected chi connectivity index (χ4v) is 5.53. The Bertz CT molecular complexity index is 1030. The first kappa shape index (κ1) is 23.0. The number of nitrogens with one attached hydrogen (secondary N) is 1. The number of amides is 1. The molecule has 12 heteroatoms. The highest BCUT2D eigenvalue weighted by atomic mass is 35.5. The van der Waals surface area contributed by atoms with Crippen molar-refractivity contribution in [1.29, 1.82) is 0 Å². The van der Waals surface area contributed by atoms with Gasteiger partial charge in [-0.1, -0.05) is 11.6 Å². The van der Waals surface area contributed by atoms with Gasteiger partial charge in [-0.3, -0.25) is 4.79 Å². The molecule has 0 radical (unpaired) electrons. The van der Waals surface area contributed by atoms with Crippen molar-refractivity contribution in [2.24, 2.45) is 5.92 Å². The summed E-state index contributed by atoms with van der Waals surface area (Å²) in [6.07, 6.45) is -4.20. The van der Waals surface area contributed by atoms with Crippen molar-refractivity contribution >= 4 is 38.9 Å². The smallest absolute Gasteiger partial charge is 0.350 e. The Morgan fingerprint density at radius 1 is 1.33 bits per heavy atom. The number of piperidine rings is 1. The number of carbonyl (C=O) groups is 1. The fraction of sp³-hybridized carbons (Fsp3) is 0.444. The largest absolute Gasteiger partial charge is 0.417 e. The molecular formula is C18H19ClF3N3O3S2. The number of nitrogens with zero attached hydrogens (tertiary/aromatic N) is 2. The van der Waals surface area contributed by atoms with Gasteiger partial charge in [0.05, 0.1) is 32.7 Å². The van der Waals surface area contributed by atoms with Crippen LogP contribution in [0.4, 0.5) is 13.2 Å². The maximum Gasteiger partial charge on any atom is 0.417 e. The summed E-state index contributed by atoms with van der Waals surface area (Å²) in [4.78, 5) is 16.1. The number of rotatable bonds is 5. The van der Waals surface area contributed by atoms with Crippen molar-refractivity contribution in [3.05, 3.63) is 44.9 Å². The van der Waals surface area contributed by atoms with Gasteiger partial charge < -0.3 is 5.32 Å². The van der Waals surface area contributed by atoms with Crippen LogP contribution < -0.4 is 5.32 Å². The summed E-state index contributed by atoms with van der Waals surface area (Å²) < 4.78 is 65.8. The van der Waals surface area contributed by atoms with Crippen LogP contribution in [-0.4, -0.2) is 36.7 Å². The molecule has 1 aliphatic rings. The topological polar surface area (TPSA) is 79.4 Å². The molecule has 0 unspecified atom stereocenters. The van der Waals surface area contributed by atoms with Gasteiger partial charge in [0, 0.05) is 24.4 Å². The summed E-state index contributed by atoms with van der Waals surface area (Å²) >= 11 is 7.05. The maximum atomic E-state index is 13.1. The van der Waals surface area contributed by atoms with Crippen LogP contribution in [-0.2, 0) is 27.5 Å². The fourth-order valence-electron chi connectivity index (χ4n) is 3.20. The lowest BCUT2D eigenvalue weighted by Crippen LogP contribution is -2.42. The van der Waals surface area contributed by atoms with E-state index >= 15 is 0 Å². The zero-order chi connectivity index (χ0) is 22.1. The van der Waals surface area contributed by atoms with E-state index in [4.69, 9.17) is 11.6 Å². The standard InChI is InChI=1S/C18H19ClF3N3O3S2/c1-11-24-13(10-29-11)9-23-17(26)12-4-6-25(7-5-12)30(27,28)14-2-3-16(19)15(8-14)18(20,21)22/h2-3,8,10,12H,4-7,9H2,1H3,(H,23,26). The van der Waals surface area contributed by atoms with Crippen LogP contribution in [0.2, 0.25) is 5.02 Å². The van der Waals surface area contributed by atoms with Gasteiger partial charge in [0.25, 0.3) is 0 Å². The third-order valence-electron chi connectivity index (χ3n) is 4.82. The molecule has 1 aromatic heterocycles. The molecule has 0 spiro atoms. The maximum absolute atomic E-state index is 13.1. The average molecular weight is 482 g/mol. The van der Waals surface area contributed by atoms with Gasteiger partial charge in [-0.25, -0.2) is 13.4 Å². The minimum absolute atomic E-state index is 0.0419. The Morgan fingerprint density at radius 3 is 2.57 bits per heavy atom. The molecule has 164 valence electrons. The zero-order valence-electron chi connectivity index (χ0n) is 15.9. The summed E-state index contributed by atoms with van der Waals surface area (Å²) in [6, 6.07) is 2.53. The summed E-state index contributed by atoms with van der Waals surface area (Å²) in [5, 5.41) is 4.98. The number of halogens is 4. The number of benzene rings is 1. The van der Waals surface area contributed by atoms with E-state index in [1.807, 2.05) is 12.3 Å². The number of aromatic nitrogens is 1. The average Bonchev–Trinajstić information content (AvgIpc) is 3.10. The van der Waals surface area contributed by atoms with E-state index in [2.05, 4.69) is 10.3 Å². The second-order valence-corrected chi connectivity index (χ2v) is 10.3. The molecule has 6 nitrogen and oxygen atoms in total. The van der Waals surface area contributed by atoms with E-state index in [-0.39, 0.29) is 37.8 Å². The predicted molar refractivity (Wildman–Crippen MR) is 107 cm³/mol. The van der Waals surface area contributed by atoms with Crippen LogP contribution in [0.5, 0.6) is 0 Å². The quantitative estimate of drug-likeness (QED) is 0.703. The van der Waals surface area contributed by atoms with Crippen LogP contribution in [0.15, 0.2) is 28.5 Å². The van der Waals surface area contributed by atoms with Gasteiger partial charge in [-0.2, -0.15) is 17.5 Å². The molecule has 0 saturated carbocycles. The molecule has 3 rings (SSSR count). The van der Waals surface area contributed by atoms with Gasteiger partial charge >= 0.3 is 6.18 Å². The van der Waals surface area contributed by atoms with Crippen LogP contribution in [0, 0.1) is 12.8 Å².